The Morgan fingerprint density at radius 2 is 1.95 bits per heavy atom. The number of halogens is 1. The van der Waals surface area contributed by atoms with Crippen LogP contribution >= 0.6 is 23.4 Å². The van der Waals surface area contributed by atoms with Gasteiger partial charge >= 0.3 is 0 Å². The fourth-order valence-corrected chi connectivity index (χ4v) is 3.54. The van der Waals surface area contributed by atoms with Crippen LogP contribution in [-0.2, 0) is 6.42 Å². The van der Waals surface area contributed by atoms with Gasteiger partial charge in [0, 0.05) is 36.8 Å². The summed E-state index contributed by atoms with van der Waals surface area (Å²) in [6, 6.07) is 8.46. The van der Waals surface area contributed by atoms with Gasteiger partial charge in [0.05, 0.1) is 6.20 Å². The lowest BCUT2D eigenvalue weighted by Gasteiger charge is -2.26. The van der Waals surface area contributed by atoms with Gasteiger partial charge in [-0.2, -0.15) is 11.8 Å². The van der Waals surface area contributed by atoms with E-state index in [2.05, 4.69) is 56.2 Å². The predicted octanol–water partition coefficient (Wildman–Crippen LogP) is 3.46. The SMILES string of the molecule is Clc1cncnc1Nc1ccc(CCN2CCSCC2)cc1. The summed E-state index contributed by atoms with van der Waals surface area (Å²) in [7, 11) is 0. The van der Waals surface area contributed by atoms with Gasteiger partial charge in [-0.1, -0.05) is 23.7 Å². The van der Waals surface area contributed by atoms with Gasteiger partial charge in [-0.15, -0.1) is 0 Å². The van der Waals surface area contributed by atoms with Crippen molar-refractivity contribution in [1.82, 2.24) is 14.9 Å². The molecule has 0 saturated carbocycles. The molecule has 1 N–H and O–H groups in total. The van der Waals surface area contributed by atoms with Crippen molar-refractivity contribution in [1.29, 1.82) is 0 Å². The molecule has 0 atom stereocenters. The number of thioether (sulfide) groups is 1. The minimum atomic E-state index is 0.523. The zero-order valence-corrected chi connectivity index (χ0v) is 13.9. The van der Waals surface area contributed by atoms with Gasteiger partial charge in [0.1, 0.15) is 11.3 Å². The highest BCUT2D eigenvalue weighted by Gasteiger charge is 2.09. The van der Waals surface area contributed by atoms with Crippen LogP contribution in [0.25, 0.3) is 0 Å². The number of aromatic nitrogens is 2. The molecule has 1 saturated heterocycles. The number of anilines is 2. The molecule has 2 heterocycles. The maximum atomic E-state index is 6.05. The molecule has 3 rings (SSSR count). The van der Waals surface area contributed by atoms with E-state index in [9.17, 15) is 0 Å². The normalized spacial score (nSPS) is 15.7. The highest BCUT2D eigenvalue weighted by atomic mass is 35.5. The largest absolute Gasteiger partial charge is 0.339 e. The average Bonchev–Trinajstić information content (AvgIpc) is 2.57. The first-order valence-electron chi connectivity index (χ1n) is 7.43. The summed E-state index contributed by atoms with van der Waals surface area (Å²) >= 11 is 8.10. The van der Waals surface area contributed by atoms with Crippen molar-refractivity contribution in [3.8, 4) is 0 Å². The Morgan fingerprint density at radius 1 is 1.18 bits per heavy atom. The Hall–Kier alpha value is -1.30. The third kappa shape index (κ3) is 4.35. The lowest BCUT2D eigenvalue weighted by Crippen LogP contribution is -2.34. The van der Waals surface area contributed by atoms with E-state index in [0.29, 0.717) is 10.8 Å². The van der Waals surface area contributed by atoms with Gasteiger partial charge in [-0.3, -0.25) is 0 Å². The van der Waals surface area contributed by atoms with Crippen LogP contribution in [0.15, 0.2) is 36.8 Å². The first-order chi connectivity index (χ1) is 10.8. The minimum Gasteiger partial charge on any atom is -0.339 e. The summed E-state index contributed by atoms with van der Waals surface area (Å²) in [5.41, 5.74) is 2.34. The van der Waals surface area contributed by atoms with E-state index < -0.39 is 0 Å². The standard InChI is InChI=1S/C16H19ClN4S/c17-15-11-18-12-19-16(15)20-14-3-1-13(2-4-14)5-6-21-7-9-22-10-8-21/h1-4,11-12H,5-10H2,(H,18,19,20). The van der Waals surface area contributed by atoms with E-state index in [-0.39, 0.29) is 0 Å². The van der Waals surface area contributed by atoms with Crippen LogP contribution in [0.3, 0.4) is 0 Å². The van der Waals surface area contributed by atoms with E-state index in [1.54, 1.807) is 6.20 Å². The Bertz CT molecular complexity index is 599. The van der Waals surface area contributed by atoms with Crippen LogP contribution in [0.4, 0.5) is 11.5 Å². The second-order valence-corrected chi connectivity index (χ2v) is 6.88. The summed E-state index contributed by atoms with van der Waals surface area (Å²) in [4.78, 5) is 10.6. The number of benzene rings is 1. The van der Waals surface area contributed by atoms with Crippen LogP contribution < -0.4 is 5.32 Å². The van der Waals surface area contributed by atoms with Gasteiger partial charge < -0.3 is 10.2 Å². The Balaban J connectivity index is 1.55. The zero-order valence-electron chi connectivity index (χ0n) is 12.3. The number of rotatable bonds is 5. The topological polar surface area (TPSA) is 41.1 Å². The van der Waals surface area contributed by atoms with E-state index in [1.807, 2.05) is 0 Å². The summed E-state index contributed by atoms with van der Waals surface area (Å²) in [6.45, 7) is 3.58. The highest BCUT2D eigenvalue weighted by Crippen LogP contribution is 2.22. The Kier molecular flexibility index (Phi) is 5.53. The Morgan fingerprint density at radius 3 is 2.68 bits per heavy atom. The summed E-state index contributed by atoms with van der Waals surface area (Å²) in [5, 5.41) is 3.73. The average molecular weight is 335 g/mol. The van der Waals surface area contributed by atoms with Gasteiger partial charge in [0.15, 0.2) is 5.82 Å². The monoisotopic (exact) mass is 334 g/mol. The second-order valence-electron chi connectivity index (χ2n) is 5.25. The fraction of sp³-hybridized carbons (Fsp3) is 0.375. The summed E-state index contributed by atoms with van der Waals surface area (Å²) in [6.07, 6.45) is 4.17. The lowest BCUT2D eigenvalue weighted by molar-refractivity contribution is 0.306. The molecule has 0 bridgehead atoms. The third-order valence-corrected chi connectivity index (χ3v) is 4.92. The van der Waals surface area contributed by atoms with Crippen LogP contribution in [0.1, 0.15) is 5.56 Å². The van der Waals surface area contributed by atoms with Crippen molar-refractivity contribution in [2.75, 3.05) is 36.5 Å². The molecule has 0 radical (unpaired) electrons. The van der Waals surface area contributed by atoms with E-state index >= 15 is 0 Å². The Labute approximate surface area is 140 Å². The summed E-state index contributed by atoms with van der Waals surface area (Å²) in [5.74, 6) is 3.17. The van der Waals surface area contributed by atoms with Crippen molar-refractivity contribution in [2.45, 2.75) is 6.42 Å². The smallest absolute Gasteiger partial charge is 0.152 e. The minimum absolute atomic E-state index is 0.523. The zero-order chi connectivity index (χ0) is 15.2. The van der Waals surface area contributed by atoms with Gasteiger partial charge in [-0.05, 0) is 24.1 Å². The maximum Gasteiger partial charge on any atom is 0.152 e. The molecule has 0 aliphatic carbocycles. The number of hydrogen-bond acceptors (Lipinski definition) is 5. The molecule has 0 amide bonds. The van der Waals surface area contributed by atoms with Crippen molar-refractivity contribution < 1.29 is 0 Å². The molecular formula is C16H19ClN4S. The molecule has 1 aliphatic heterocycles. The third-order valence-electron chi connectivity index (χ3n) is 3.70. The van der Waals surface area contributed by atoms with Gasteiger partial charge in [-0.25, -0.2) is 9.97 Å². The van der Waals surface area contributed by atoms with Crippen molar-refractivity contribution in [3.05, 3.63) is 47.4 Å². The van der Waals surface area contributed by atoms with E-state index in [0.717, 1.165) is 18.7 Å². The van der Waals surface area contributed by atoms with E-state index in [4.69, 9.17) is 11.6 Å². The molecule has 1 aliphatic rings. The molecular weight excluding hydrogens is 316 g/mol. The second kappa shape index (κ2) is 7.81. The molecule has 116 valence electrons. The first kappa shape index (κ1) is 15.6. The molecule has 6 heteroatoms. The van der Waals surface area contributed by atoms with Crippen LogP contribution in [0.5, 0.6) is 0 Å². The summed E-state index contributed by atoms with van der Waals surface area (Å²) < 4.78 is 0. The molecule has 0 spiro atoms. The number of hydrogen-bond donors (Lipinski definition) is 1. The van der Waals surface area contributed by atoms with Crippen molar-refractivity contribution >= 4 is 34.9 Å². The fourth-order valence-electron chi connectivity index (χ4n) is 2.41. The molecule has 1 fully saturated rings. The van der Waals surface area contributed by atoms with Crippen molar-refractivity contribution in [2.24, 2.45) is 0 Å². The molecule has 1 aromatic carbocycles. The lowest BCUT2D eigenvalue weighted by atomic mass is 10.1. The van der Waals surface area contributed by atoms with Crippen LogP contribution in [0, 0.1) is 0 Å². The predicted molar refractivity (Wildman–Crippen MR) is 94.2 cm³/mol. The first-order valence-corrected chi connectivity index (χ1v) is 8.96. The van der Waals surface area contributed by atoms with E-state index in [1.165, 1.54) is 36.5 Å². The number of nitrogens with one attached hydrogen (secondary N) is 1. The number of nitrogens with zero attached hydrogens (tertiary/aromatic N) is 3. The van der Waals surface area contributed by atoms with Gasteiger partial charge in [0.2, 0.25) is 0 Å². The van der Waals surface area contributed by atoms with Gasteiger partial charge in [0.25, 0.3) is 0 Å². The van der Waals surface area contributed by atoms with Crippen molar-refractivity contribution in [3.63, 3.8) is 0 Å². The van der Waals surface area contributed by atoms with Crippen LogP contribution in [0.2, 0.25) is 5.02 Å². The molecule has 22 heavy (non-hydrogen) atoms. The molecule has 2 aromatic rings. The maximum absolute atomic E-state index is 6.05. The van der Waals surface area contributed by atoms with Crippen LogP contribution in [-0.4, -0.2) is 46.0 Å². The molecule has 4 nitrogen and oxygen atoms in total. The molecule has 1 aromatic heterocycles. The quantitative estimate of drug-likeness (QED) is 0.906. The highest BCUT2D eigenvalue weighted by molar-refractivity contribution is 7.99. The molecule has 0 unspecified atom stereocenters.